The van der Waals surface area contributed by atoms with Gasteiger partial charge < -0.3 is 16.0 Å². The van der Waals surface area contributed by atoms with Gasteiger partial charge in [0.15, 0.2) is 0 Å². The highest BCUT2D eigenvalue weighted by molar-refractivity contribution is 6.01. The van der Waals surface area contributed by atoms with Gasteiger partial charge >= 0.3 is 0 Å². The van der Waals surface area contributed by atoms with E-state index in [0.717, 1.165) is 29.7 Å². The second kappa shape index (κ2) is 7.99. The molecule has 1 aromatic rings. The third kappa shape index (κ3) is 3.57. The third-order valence-corrected chi connectivity index (χ3v) is 5.25. The molecule has 134 valence electrons. The first kappa shape index (κ1) is 20.5. The summed E-state index contributed by atoms with van der Waals surface area (Å²) in [4.78, 5) is 26.1. The third-order valence-electron chi connectivity index (χ3n) is 5.25. The number of amides is 2. The molecule has 1 atom stereocenters. The summed E-state index contributed by atoms with van der Waals surface area (Å²) in [5.74, 6) is 0.110. The summed E-state index contributed by atoms with van der Waals surface area (Å²) in [7, 11) is 1.79. The molecule has 1 aliphatic rings. The second-order valence-corrected chi connectivity index (χ2v) is 6.40. The van der Waals surface area contributed by atoms with Crippen LogP contribution in [0.5, 0.6) is 0 Å². The number of rotatable bonds is 6. The zero-order chi connectivity index (χ0) is 17.2. The maximum Gasteiger partial charge on any atom is 0.231 e. The van der Waals surface area contributed by atoms with E-state index in [1.807, 2.05) is 39.0 Å². The van der Waals surface area contributed by atoms with Crippen molar-refractivity contribution in [2.75, 3.05) is 18.5 Å². The van der Waals surface area contributed by atoms with Gasteiger partial charge in [-0.3, -0.25) is 9.59 Å². The van der Waals surface area contributed by atoms with Crippen LogP contribution in [-0.2, 0) is 16.0 Å². The highest BCUT2D eigenvalue weighted by Crippen LogP contribution is 2.31. The first-order valence-electron chi connectivity index (χ1n) is 8.29. The number of anilines is 1. The van der Waals surface area contributed by atoms with E-state index < -0.39 is 5.41 Å². The van der Waals surface area contributed by atoms with E-state index in [-0.39, 0.29) is 30.3 Å². The summed E-state index contributed by atoms with van der Waals surface area (Å²) in [6.45, 7) is 6.31. The molecule has 0 aromatic heterocycles. The standard InChI is InChI=1S/C18H27N3O2.ClH/c1-5-18(6-2,11-19)17(23)20-12(3)13-7-8-15-14(9-13)10-16(22)21(15)4;/h7-9,12H,5-6,10-11,19H2,1-4H3,(H,20,23);1H. The Balaban J connectivity index is 0.00000288. The Kier molecular flexibility index (Phi) is 6.81. The Morgan fingerprint density at radius 2 is 2.00 bits per heavy atom. The molecule has 2 rings (SSSR count). The predicted octanol–water partition coefficient (Wildman–Crippen LogP) is 2.57. The molecule has 0 spiro atoms. The van der Waals surface area contributed by atoms with Crippen LogP contribution in [0.4, 0.5) is 5.69 Å². The number of hydrogen-bond acceptors (Lipinski definition) is 3. The molecule has 2 amide bonds. The zero-order valence-electron chi connectivity index (χ0n) is 14.9. The number of carbonyl (C=O) groups excluding carboxylic acids is 2. The van der Waals surface area contributed by atoms with Crippen molar-refractivity contribution in [1.82, 2.24) is 5.32 Å². The molecule has 3 N–H and O–H groups in total. The van der Waals surface area contributed by atoms with Crippen molar-refractivity contribution < 1.29 is 9.59 Å². The van der Waals surface area contributed by atoms with Crippen LogP contribution in [-0.4, -0.2) is 25.4 Å². The topological polar surface area (TPSA) is 75.4 Å². The minimum Gasteiger partial charge on any atom is -0.349 e. The molecule has 1 aromatic carbocycles. The number of benzene rings is 1. The van der Waals surface area contributed by atoms with E-state index in [4.69, 9.17) is 5.73 Å². The maximum atomic E-state index is 12.6. The Morgan fingerprint density at radius 3 is 2.54 bits per heavy atom. The van der Waals surface area contributed by atoms with Gasteiger partial charge in [0.05, 0.1) is 17.9 Å². The lowest BCUT2D eigenvalue weighted by molar-refractivity contribution is -0.131. The van der Waals surface area contributed by atoms with Gasteiger partial charge in [-0.05, 0) is 37.0 Å². The highest BCUT2D eigenvalue weighted by Gasteiger charge is 2.34. The van der Waals surface area contributed by atoms with E-state index in [1.54, 1.807) is 11.9 Å². The summed E-state index contributed by atoms with van der Waals surface area (Å²) in [5, 5.41) is 3.09. The van der Waals surface area contributed by atoms with Crippen molar-refractivity contribution in [3.05, 3.63) is 29.3 Å². The van der Waals surface area contributed by atoms with E-state index in [2.05, 4.69) is 5.32 Å². The van der Waals surface area contributed by atoms with Crippen LogP contribution in [0.25, 0.3) is 0 Å². The molecule has 0 saturated heterocycles. The van der Waals surface area contributed by atoms with Crippen molar-refractivity contribution >= 4 is 29.9 Å². The molecule has 1 aliphatic heterocycles. The Hall–Kier alpha value is -1.59. The molecule has 1 unspecified atom stereocenters. The summed E-state index contributed by atoms with van der Waals surface area (Å²) >= 11 is 0. The quantitative estimate of drug-likeness (QED) is 0.825. The monoisotopic (exact) mass is 353 g/mol. The molecule has 0 radical (unpaired) electrons. The Morgan fingerprint density at radius 1 is 1.38 bits per heavy atom. The van der Waals surface area contributed by atoms with E-state index in [9.17, 15) is 9.59 Å². The number of nitrogens with one attached hydrogen (secondary N) is 1. The first-order valence-corrected chi connectivity index (χ1v) is 8.29. The van der Waals surface area contributed by atoms with Crippen LogP contribution >= 0.6 is 12.4 Å². The van der Waals surface area contributed by atoms with Crippen LogP contribution in [0, 0.1) is 5.41 Å². The molecule has 0 bridgehead atoms. The normalized spacial score (nSPS) is 14.9. The molecular formula is C18H28ClN3O2. The lowest BCUT2D eigenvalue weighted by Crippen LogP contribution is -2.46. The number of likely N-dealkylation sites (N-methyl/N-ethyl adjacent to an activating group) is 1. The Labute approximate surface area is 150 Å². The molecule has 0 saturated carbocycles. The molecule has 6 heteroatoms. The van der Waals surface area contributed by atoms with Crippen molar-refractivity contribution in [3.63, 3.8) is 0 Å². The van der Waals surface area contributed by atoms with Crippen molar-refractivity contribution in [2.24, 2.45) is 11.1 Å². The van der Waals surface area contributed by atoms with Gasteiger partial charge in [0, 0.05) is 19.3 Å². The minimum atomic E-state index is -0.499. The highest BCUT2D eigenvalue weighted by atomic mass is 35.5. The Bertz CT molecular complexity index is 606. The fourth-order valence-electron chi connectivity index (χ4n) is 3.14. The van der Waals surface area contributed by atoms with Gasteiger partial charge in [-0.15, -0.1) is 12.4 Å². The zero-order valence-corrected chi connectivity index (χ0v) is 15.7. The van der Waals surface area contributed by atoms with Crippen LogP contribution in [0.15, 0.2) is 18.2 Å². The minimum absolute atomic E-state index is 0. The number of nitrogens with two attached hydrogens (primary N) is 1. The summed E-state index contributed by atoms with van der Waals surface area (Å²) in [6, 6.07) is 5.83. The van der Waals surface area contributed by atoms with Crippen molar-refractivity contribution in [2.45, 2.75) is 46.1 Å². The number of fused-ring (bicyclic) bond motifs is 1. The average Bonchev–Trinajstić information content (AvgIpc) is 2.83. The fraction of sp³-hybridized carbons (Fsp3) is 0.556. The molecule has 24 heavy (non-hydrogen) atoms. The van der Waals surface area contributed by atoms with Crippen molar-refractivity contribution in [3.8, 4) is 0 Å². The largest absolute Gasteiger partial charge is 0.349 e. The van der Waals surface area contributed by atoms with Crippen LogP contribution in [0.2, 0.25) is 0 Å². The van der Waals surface area contributed by atoms with E-state index in [1.165, 1.54) is 0 Å². The summed E-state index contributed by atoms with van der Waals surface area (Å²) < 4.78 is 0. The maximum absolute atomic E-state index is 12.6. The number of carbonyl (C=O) groups is 2. The van der Waals surface area contributed by atoms with Crippen LogP contribution in [0.3, 0.4) is 0 Å². The van der Waals surface area contributed by atoms with Gasteiger partial charge in [0.25, 0.3) is 0 Å². The molecule has 1 heterocycles. The molecule has 5 nitrogen and oxygen atoms in total. The lowest BCUT2D eigenvalue weighted by Gasteiger charge is -2.30. The van der Waals surface area contributed by atoms with E-state index >= 15 is 0 Å². The number of halogens is 1. The molecule has 0 aliphatic carbocycles. The van der Waals surface area contributed by atoms with E-state index in [0.29, 0.717) is 13.0 Å². The van der Waals surface area contributed by atoms with Crippen LogP contribution in [0.1, 0.15) is 50.8 Å². The predicted molar refractivity (Wildman–Crippen MR) is 99.4 cm³/mol. The second-order valence-electron chi connectivity index (χ2n) is 6.40. The first-order chi connectivity index (χ1) is 10.9. The summed E-state index contributed by atoms with van der Waals surface area (Å²) in [5.41, 5.74) is 8.33. The smallest absolute Gasteiger partial charge is 0.231 e. The number of hydrogen-bond donors (Lipinski definition) is 2. The van der Waals surface area contributed by atoms with Gasteiger partial charge in [0.2, 0.25) is 11.8 Å². The van der Waals surface area contributed by atoms with Gasteiger partial charge in [0.1, 0.15) is 0 Å². The van der Waals surface area contributed by atoms with Gasteiger partial charge in [-0.1, -0.05) is 26.0 Å². The number of nitrogens with zero attached hydrogens (tertiary/aromatic N) is 1. The average molecular weight is 354 g/mol. The SMILES string of the molecule is CCC(CC)(CN)C(=O)NC(C)c1ccc2c(c1)CC(=O)N2C.Cl. The van der Waals surface area contributed by atoms with Gasteiger partial charge in [-0.2, -0.15) is 0 Å². The van der Waals surface area contributed by atoms with Crippen LogP contribution < -0.4 is 16.0 Å². The molecule has 0 fully saturated rings. The lowest BCUT2D eigenvalue weighted by atomic mass is 9.81. The van der Waals surface area contributed by atoms with Crippen molar-refractivity contribution in [1.29, 1.82) is 0 Å². The van der Waals surface area contributed by atoms with Gasteiger partial charge in [-0.25, -0.2) is 0 Å². The summed E-state index contributed by atoms with van der Waals surface area (Å²) in [6.07, 6.45) is 1.88. The molecular weight excluding hydrogens is 326 g/mol. The fourth-order valence-corrected chi connectivity index (χ4v) is 3.14.